The highest BCUT2D eigenvalue weighted by molar-refractivity contribution is 6.30. The molecule has 0 amide bonds. The van der Waals surface area contributed by atoms with Gasteiger partial charge in [-0.15, -0.1) is 6.42 Å². The molecule has 0 heterocycles. The van der Waals surface area contributed by atoms with Crippen LogP contribution in [0.2, 0.25) is 5.02 Å². The normalized spacial score (nSPS) is 11.6. The van der Waals surface area contributed by atoms with Gasteiger partial charge < -0.3 is 4.90 Å². The second-order valence-corrected chi connectivity index (χ2v) is 4.50. The maximum absolute atomic E-state index is 5.89. The summed E-state index contributed by atoms with van der Waals surface area (Å²) >= 11 is 5.89. The number of hydrogen-bond acceptors (Lipinski definition) is 1. The molecule has 1 unspecified atom stereocenters. The fourth-order valence-electron chi connectivity index (χ4n) is 1.89. The van der Waals surface area contributed by atoms with E-state index >= 15 is 0 Å². The quantitative estimate of drug-likeness (QED) is 0.745. The standard InChI is InChI=1S/C16H14ClN/c1-3-16(13-9-11-14(17)12-10-13)18(2)15-7-5-4-6-8-15/h1,4-12,16H,2H3. The van der Waals surface area contributed by atoms with E-state index in [2.05, 4.69) is 10.8 Å². The average molecular weight is 256 g/mol. The Morgan fingerprint density at radius 2 is 1.67 bits per heavy atom. The highest BCUT2D eigenvalue weighted by Crippen LogP contribution is 2.25. The fraction of sp³-hybridized carbons (Fsp3) is 0.125. The van der Waals surface area contributed by atoms with E-state index in [1.165, 1.54) is 0 Å². The minimum atomic E-state index is -0.0929. The van der Waals surface area contributed by atoms with E-state index in [0.29, 0.717) is 0 Å². The smallest absolute Gasteiger partial charge is 0.115 e. The van der Waals surface area contributed by atoms with Crippen LogP contribution in [0.15, 0.2) is 54.6 Å². The van der Waals surface area contributed by atoms with Crippen molar-refractivity contribution in [2.24, 2.45) is 0 Å². The Balaban J connectivity index is 2.30. The fourth-order valence-corrected chi connectivity index (χ4v) is 2.01. The van der Waals surface area contributed by atoms with Crippen molar-refractivity contribution in [3.05, 3.63) is 65.2 Å². The van der Waals surface area contributed by atoms with Gasteiger partial charge in [-0.25, -0.2) is 0 Å². The first kappa shape index (κ1) is 12.5. The summed E-state index contributed by atoms with van der Waals surface area (Å²) in [6, 6.07) is 17.6. The summed E-state index contributed by atoms with van der Waals surface area (Å²) in [5.74, 6) is 2.82. The van der Waals surface area contributed by atoms with Gasteiger partial charge in [-0.1, -0.05) is 47.9 Å². The Bertz CT molecular complexity index is 540. The molecule has 0 aromatic heterocycles. The van der Waals surface area contributed by atoms with E-state index in [0.717, 1.165) is 16.3 Å². The first-order valence-electron chi connectivity index (χ1n) is 5.72. The van der Waals surface area contributed by atoms with Crippen molar-refractivity contribution in [3.63, 3.8) is 0 Å². The molecule has 1 atom stereocenters. The van der Waals surface area contributed by atoms with Crippen molar-refractivity contribution in [1.82, 2.24) is 0 Å². The van der Waals surface area contributed by atoms with Crippen LogP contribution in [0, 0.1) is 12.3 Å². The molecule has 2 rings (SSSR count). The van der Waals surface area contributed by atoms with Crippen LogP contribution in [0.25, 0.3) is 0 Å². The Morgan fingerprint density at radius 3 is 2.22 bits per heavy atom. The van der Waals surface area contributed by atoms with Crippen LogP contribution in [-0.2, 0) is 0 Å². The summed E-state index contributed by atoms with van der Waals surface area (Å²) in [6.07, 6.45) is 5.66. The summed E-state index contributed by atoms with van der Waals surface area (Å²) < 4.78 is 0. The number of terminal acetylenes is 1. The monoisotopic (exact) mass is 255 g/mol. The summed E-state index contributed by atoms with van der Waals surface area (Å²) in [5.41, 5.74) is 2.16. The molecule has 0 spiro atoms. The molecule has 1 nitrogen and oxygen atoms in total. The van der Waals surface area contributed by atoms with E-state index < -0.39 is 0 Å². The highest BCUT2D eigenvalue weighted by Gasteiger charge is 2.14. The van der Waals surface area contributed by atoms with Crippen LogP contribution >= 0.6 is 11.6 Å². The lowest BCUT2D eigenvalue weighted by Gasteiger charge is -2.26. The Hall–Kier alpha value is -1.91. The van der Waals surface area contributed by atoms with Crippen molar-refractivity contribution in [3.8, 4) is 12.3 Å². The van der Waals surface area contributed by atoms with E-state index in [4.69, 9.17) is 18.0 Å². The maximum Gasteiger partial charge on any atom is 0.115 e. The first-order chi connectivity index (χ1) is 8.72. The van der Waals surface area contributed by atoms with Gasteiger partial charge >= 0.3 is 0 Å². The number of para-hydroxylation sites is 1. The molecule has 18 heavy (non-hydrogen) atoms. The molecule has 0 saturated heterocycles. The summed E-state index contributed by atoms with van der Waals surface area (Å²) in [7, 11) is 1.99. The summed E-state index contributed by atoms with van der Waals surface area (Å²) in [6.45, 7) is 0. The van der Waals surface area contributed by atoms with Gasteiger partial charge in [-0.3, -0.25) is 0 Å². The lowest BCUT2D eigenvalue weighted by molar-refractivity contribution is 0.835. The first-order valence-corrected chi connectivity index (χ1v) is 6.09. The summed E-state index contributed by atoms with van der Waals surface area (Å²) in [5, 5.41) is 0.719. The predicted molar refractivity (Wildman–Crippen MR) is 77.9 cm³/mol. The van der Waals surface area contributed by atoms with Gasteiger partial charge in [-0.2, -0.15) is 0 Å². The average Bonchev–Trinajstić information content (AvgIpc) is 2.42. The second-order valence-electron chi connectivity index (χ2n) is 4.07. The van der Waals surface area contributed by atoms with Crippen LogP contribution in [0.3, 0.4) is 0 Å². The second kappa shape index (κ2) is 5.62. The lowest BCUT2D eigenvalue weighted by atomic mass is 10.1. The molecular formula is C16H14ClN. The van der Waals surface area contributed by atoms with Crippen molar-refractivity contribution < 1.29 is 0 Å². The molecule has 2 heteroatoms. The van der Waals surface area contributed by atoms with Crippen molar-refractivity contribution in [1.29, 1.82) is 0 Å². The molecule has 0 radical (unpaired) electrons. The van der Waals surface area contributed by atoms with E-state index in [1.54, 1.807) is 0 Å². The maximum atomic E-state index is 5.89. The highest BCUT2D eigenvalue weighted by atomic mass is 35.5. The number of halogens is 1. The Kier molecular flexibility index (Phi) is 3.92. The molecule has 0 aliphatic rings. The van der Waals surface area contributed by atoms with Gasteiger partial charge in [-0.05, 0) is 29.8 Å². The largest absolute Gasteiger partial charge is 0.357 e. The van der Waals surface area contributed by atoms with Crippen LogP contribution in [0.1, 0.15) is 11.6 Å². The zero-order valence-corrected chi connectivity index (χ0v) is 10.9. The molecule has 0 N–H and O–H groups in total. The Morgan fingerprint density at radius 1 is 1.06 bits per heavy atom. The molecule has 2 aromatic rings. The van der Waals surface area contributed by atoms with Gasteiger partial charge in [0.2, 0.25) is 0 Å². The molecule has 90 valence electrons. The van der Waals surface area contributed by atoms with Gasteiger partial charge in [0.25, 0.3) is 0 Å². The van der Waals surface area contributed by atoms with Gasteiger partial charge in [0.15, 0.2) is 0 Å². The third-order valence-corrected chi connectivity index (χ3v) is 3.15. The predicted octanol–water partition coefficient (Wildman–Crippen LogP) is 4.15. The van der Waals surface area contributed by atoms with E-state index in [9.17, 15) is 0 Å². The molecule has 0 fully saturated rings. The minimum Gasteiger partial charge on any atom is -0.357 e. The van der Waals surface area contributed by atoms with Crippen LogP contribution in [-0.4, -0.2) is 7.05 Å². The number of benzene rings is 2. The Labute approximate surface area is 113 Å². The van der Waals surface area contributed by atoms with Gasteiger partial charge in [0, 0.05) is 17.8 Å². The van der Waals surface area contributed by atoms with Crippen molar-refractivity contribution in [2.45, 2.75) is 6.04 Å². The van der Waals surface area contributed by atoms with E-state index in [1.807, 2.05) is 61.6 Å². The summed E-state index contributed by atoms with van der Waals surface area (Å²) in [4.78, 5) is 2.07. The van der Waals surface area contributed by atoms with E-state index in [-0.39, 0.29) is 6.04 Å². The SMILES string of the molecule is C#CC(c1ccc(Cl)cc1)N(C)c1ccccc1. The minimum absolute atomic E-state index is 0.0929. The zero-order valence-electron chi connectivity index (χ0n) is 10.2. The number of hydrogen-bond donors (Lipinski definition) is 0. The third-order valence-electron chi connectivity index (χ3n) is 2.89. The third kappa shape index (κ3) is 2.67. The zero-order chi connectivity index (χ0) is 13.0. The lowest BCUT2D eigenvalue weighted by Crippen LogP contribution is -2.22. The van der Waals surface area contributed by atoms with Gasteiger partial charge in [0.05, 0.1) is 0 Å². The number of nitrogens with zero attached hydrogens (tertiary/aromatic N) is 1. The molecular weight excluding hydrogens is 242 g/mol. The molecule has 0 aliphatic carbocycles. The van der Waals surface area contributed by atoms with Crippen LogP contribution < -0.4 is 4.90 Å². The molecule has 0 aliphatic heterocycles. The molecule has 0 bridgehead atoms. The van der Waals surface area contributed by atoms with Gasteiger partial charge in [0.1, 0.15) is 6.04 Å². The van der Waals surface area contributed by atoms with Crippen molar-refractivity contribution in [2.75, 3.05) is 11.9 Å². The van der Waals surface area contributed by atoms with Crippen LogP contribution in [0.4, 0.5) is 5.69 Å². The number of rotatable bonds is 3. The number of anilines is 1. The molecule has 2 aromatic carbocycles. The van der Waals surface area contributed by atoms with Crippen LogP contribution in [0.5, 0.6) is 0 Å². The van der Waals surface area contributed by atoms with Crippen molar-refractivity contribution >= 4 is 17.3 Å². The topological polar surface area (TPSA) is 3.24 Å². The molecule has 0 saturated carbocycles.